The number of hydrogen-bond donors (Lipinski definition) is 1. The third-order valence-corrected chi connectivity index (χ3v) is 10.5. The van der Waals surface area contributed by atoms with Crippen LogP contribution in [0, 0.1) is 0 Å². The molecular formula is C44H30N2. The first-order valence-electron chi connectivity index (χ1n) is 16.0. The molecule has 0 aromatic heterocycles. The van der Waals surface area contributed by atoms with Crippen LogP contribution in [0.15, 0.2) is 176 Å². The Morgan fingerprint density at radius 3 is 1.09 bits per heavy atom. The monoisotopic (exact) mass is 586 g/mol. The van der Waals surface area contributed by atoms with Crippen molar-refractivity contribution in [3.05, 3.63) is 220 Å². The molecule has 10 rings (SSSR count). The van der Waals surface area contributed by atoms with E-state index in [2.05, 4.69) is 186 Å². The van der Waals surface area contributed by atoms with Gasteiger partial charge < -0.3 is 10.2 Å². The predicted molar refractivity (Wildman–Crippen MR) is 188 cm³/mol. The highest BCUT2D eigenvalue weighted by Gasteiger charge is 2.58. The Balaban J connectivity index is 1.41. The minimum Gasteiger partial charge on any atom is -0.355 e. The lowest BCUT2D eigenvalue weighted by Crippen LogP contribution is -2.48. The average molecular weight is 587 g/mol. The third kappa shape index (κ3) is 3.01. The Hall–Kier alpha value is -5.86. The van der Waals surface area contributed by atoms with Gasteiger partial charge in [0.25, 0.3) is 0 Å². The fourth-order valence-electron chi connectivity index (χ4n) is 8.96. The number of anilines is 5. The zero-order valence-electron chi connectivity index (χ0n) is 25.2. The molecule has 0 atom stereocenters. The number of rotatable bonds is 1. The predicted octanol–water partition coefficient (Wildman–Crippen LogP) is 10.6. The summed E-state index contributed by atoms with van der Waals surface area (Å²) < 4.78 is 0. The highest BCUT2D eigenvalue weighted by Crippen LogP contribution is 2.66. The molecule has 2 aliphatic heterocycles. The zero-order valence-corrected chi connectivity index (χ0v) is 25.2. The van der Waals surface area contributed by atoms with Crippen LogP contribution in [-0.2, 0) is 10.8 Å². The van der Waals surface area contributed by atoms with Gasteiger partial charge in [-0.1, -0.05) is 140 Å². The van der Waals surface area contributed by atoms with Crippen LogP contribution in [0.1, 0.15) is 44.5 Å². The Kier molecular flexibility index (Phi) is 5.16. The lowest BCUT2D eigenvalue weighted by Gasteiger charge is -2.55. The Morgan fingerprint density at radius 2 is 0.630 bits per heavy atom. The van der Waals surface area contributed by atoms with E-state index in [4.69, 9.17) is 0 Å². The van der Waals surface area contributed by atoms with Crippen LogP contribution in [0.25, 0.3) is 0 Å². The van der Waals surface area contributed by atoms with Gasteiger partial charge in [-0.05, 0) is 80.9 Å². The zero-order chi connectivity index (χ0) is 30.3. The van der Waals surface area contributed by atoms with Gasteiger partial charge >= 0.3 is 0 Å². The summed E-state index contributed by atoms with van der Waals surface area (Å²) in [6, 6.07) is 65.1. The molecule has 2 nitrogen and oxygen atoms in total. The lowest BCUT2D eigenvalue weighted by molar-refractivity contribution is 0.610. The van der Waals surface area contributed by atoms with Crippen LogP contribution in [0.5, 0.6) is 0 Å². The van der Waals surface area contributed by atoms with Crippen molar-refractivity contribution in [2.24, 2.45) is 0 Å². The van der Waals surface area contributed by atoms with Gasteiger partial charge in [-0.25, -0.2) is 0 Å². The topological polar surface area (TPSA) is 15.3 Å². The Bertz CT molecular complexity index is 2170. The number of nitrogens with one attached hydrogen (secondary N) is 1. The first-order chi connectivity index (χ1) is 22.8. The van der Waals surface area contributed by atoms with Crippen LogP contribution in [-0.4, -0.2) is 0 Å². The summed E-state index contributed by atoms with van der Waals surface area (Å²) in [6.07, 6.45) is 0. The second kappa shape index (κ2) is 9.32. The molecule has 216 valence electrons. The van der Waals surface area contributed by atoms with E-state index >= 15 is 0 Å². The maximum atomic E-state index is 3.79. The Labute approximate surface area is 269 Å². The quantitative estimate of drug-likeness (QED) is 0.206. The summed E-state index contributed by atoms with van der Waals surface area (Å²) in [6.45, 7) is 0. The summed E-state index contributed by atoms with van der Waals surface area (Å²) in [5.41, 5.74) is 15.3. The number of benzene rings is 7. The standard InChI is InChI=1S/C44H30N2/c1-2-16-30(17-3-1)46-41-28-14-10-24-37(41)44(38-25-11-15-29-42(38)46)33-20-6-4-18-31(33)43(32-19-5-7-21-34(32)44)35-22-8-12-26-39(35)45-40-27-13-9-23-36(40)43/h1-29,45H. The first kappa shape index (κ1) is 25.5. The summed E-state index contributed by atoms with van der Waals surface area (Å²) in [4.78, 5) is 2.45. The highest BCUT2D eigenvalue weighted by molar-refractivity contribution is 5.93. The normalized spacial score (nSPS) is 15.4. The first-order valence-corrected chi connectivity index (χ1v) is 16.0. The number of fused-ring (bicyclic) bond motifs is 14. The van der Waals surface area contributed by atoms with E-state index in [9.17, 15) is 0 Å². The van der Waals surface area contributed by atoms with Crippen molar-refractivity contribution in [1.29, 1.82) is 0 Å². The molecule has 0 unspecified atom stereocenters. The van der Waals surface area contributed by atoms with Gasteiger partial charge in [0.1, 0.15) is 0 Å². The summed E-state index contributed by atoms with van der Waals surface area (Å²) in [7, 11) is 0. The molecule has 0 saturated carbocycles. The van der Waals surface area contributed by atoms with E-state index in [0.29, 0.717) is 0 Å². The Morgan fingerprint density at radius 1 is 0.304 bits per heavy atom. The SMILES string of the molecule is c1ccc(N2c3ccccc3C3(c4ccccc42)c2ccccc2C2(c4ccccc4Nc4ccccc42)c2ccccc23)cc1. The molecule has 0 bridgehead atoms. The fraction of sp³-hybridized carbons (Fsp3) is 0.0455. The summed E-state index contributed by atoms with van der Waals surface area (Å²) in [5, 5.41) is 3.79. The van der Waals surface area contributed by atoms with Crippen molar-refractivity contribution in [3.8, 4) is 0 Å². The lowest BCUT2D eigenvalue weighted by atomic mass is 9.49. The molecule has 7 aromatic rings. The second-order valence-corrected chi connectivity index (χ2v) is 12.5. The average Bonchev–Trinajstić information content (AvgIpc) is 3.13. The molecule has 2 spiro atoms. The van der Waals surface area contributed by atoms with E-state index in [1.165, 1.54) is 55.9 Å². The highest BCUT2D eigenvalue weighted by atomic mass is 15.2. The van der Waals surface area contributed by atoms with E-state index in [0.717, 1.165) is 17.1 Å². The van der Waals surface area contributed by atoms with Gasteiger partial charge in [0.2, 0.25) is 0 Å². The molecule has 0 saturated heterocycles. The van der Waals surface area contributed by atoms with Crippen LogP contribution in [0.3, 0.4) is 0 Å². The maximum absolute atomic E-state index is 3.79. The molecule has 7 aromatic carbocycles. The molecular weight excluding hydrogens is 556 g/mol. The van der Waals surface area contributed by atoms with Crippen molar-refractivity contribution in [2.75, 3.05) is 10.2 Å². The molecule has 3 aliphatic rings. The number of hydrogen-bond acceptors (Lipinski definition) is 2. The molecule has 1 N–H and O–H groups in total. The maximum Gasteiger partial charge on any atom is 0.0748 e. The van der Waals surface area contributed by atoms with Crippen LogP contribution in [0.4, 0.5) is 28.4 Å². The van der Waals surface area contributed by atoms with E-state index in [1.807, 2.05) is 0 Å². The molecule has 0 radical (unpaired) electrons. The molecule has 0 fully saturated rings. The minimum absolute atomic E-state index is 0.503. The van der Waals surface area contributed by atoms with Gasteiger partial charge in [0.15, 0.2) is 0 Å². The molecule has 0 amide bonds. The molecule has 2 heteroatoms. The summed E-state index contributed by atoms with van der Waals surface area (Å²) in [5.74, 6) is 0. The molecule has 1 aliphatic carbocycles. The van der Waals surface area contributed by atoms with Crippen molar-refractivity contribution in [3.63, 3.8) is 0 Å². The largest absolute Gasteiger partial charge is 0.355 e. The molecule has 2 heterocycles. The van der Waals surface area contributed by atoms with Crippen molar-refractivity contribution in [2.45, 2.75) is 10.8 Å². The third-order valence-electron chi connectivity index (χ3n) is 10.5. The number of para-hydroxylation sites is 5. The number of nitrogens with zero attached hydrogens (tertiary/aromatic N) is 1. The second-order valence-electron chi connectivity index (χ2n) is 12.5. The summed E-state index contributed by atoms with van der Waals surface area (Å²) >= 11 is 0. The fourth-order valence-corrected chi connectivity index (χ4v) is 8.96. The van der Waals surface area contributed by atoms with E-state index in [-0.39, 0.29) is 0 Å². The van der Waals surface area contributed by atoms with Gasteiger partial charge in [0.05, 0.1) is 22.2 Å². The van der Waals surface area contributed by atoms with E-state index in [1.54, 1.807) is 0 Å². The van der Waals surface area contributed by atoms with Gasteiger partial charge in [0, 0.05) is 17.1 Å². The van der Waals surface area contributed by atoms with Crippen LogP contribution in [0.2, 0.25) is 0 Å². The van der Waals surface area contributed by atoms with Crippen molar-refractivity contribution < 1.29 is 0 Å². The smallest absolute Gasteiger partial charge is 0.0748 e. The minimum atomic E-state index is -0.536. The van der Waals surface area contributed by atoms with E-state index < -0.39 is 10.8 Å². The van der Waals surface area contributed by atoms with Crippen molar-refractivity contribution >= 4 is 28.4 Å². The molecule has 46 heavy (non-hydrogen) atoms. The van der Waals surface area contributed by atoms with Crippen LogP contribution < -0.4 is 10.2 Å². The van der Waals surface area contributed by atoms with Gasteiger partial charge in [-0.3, -0.25) is 0 Å². The van der Waals surface area contributed by atoms with Crippen LogP contribution >= 0.6 is 0 Å². The van der Waals surface area contributed by atoms with Crippen molar-refractivity contribution in [1.82, 2.24) is 0 Å². The van der Waals surface area contributed by atoms with Gasteiger partial charge in [-0.15, -0.1) is 0 Å². The van der Waals surface area contributed by atoms with Gasteiger partial charge in [-0.2, -0.15) is 0 Å².